The van der Waals surface area contributed by atoms with E-state index >= 15 is 0 Å². The van der Waals surface area contributed by atoms with Crippen LogP contribution in [-0.2, 0) is 16.2 Å². The molecule has 0 unspecified atom stereocenters. The van der Waals surface area contributed by atoms with Crippen LogP contribution in [0.3, 0.4) is 0 Å². The molecule has 32 heavy (non-hydrogen) atoms. The van der Waals surface area contributed by atoms with E-state index in [0.717, 1.165) is 11.3 Å². The van der Waals surface area contributed by atoms with Crippen LogP contribution in [0.1, 0.15) is 12.0 Å². The van der Waals surface area contributed by atoms with Gasteiger partial charge in [0.05, 0.1) is 16.6 Å². The van der Waals surface area contributed by atoms with Crippen molar-refractivity contribution in [3.8, 4) is 5.75 Å². The molecule has 0 radical (unpaired) electrons. The third-order valence-electron chi connectivity index (χ3n) is 5.17. The summed E-state index contributed by atoms with van der Waals surface area (Å²) in [6, 6.07) is 21.9. The van der Waals surface area contributed by atoms with Gasteiger partial charge in [0, 0.05) is 29.2 Å². The van der Waals surface area contributed by atoms with Crippen LogP contribution in [-0.4, -0.2) is 18.4 Å². The van der Waals surface area contributed by atoms with Crippen LogP contribution in [0.25, 0.3) is 0 Å². The van der Waals surface area contributed by atoms with Gasteiger partial charge in [0.2, 0.25) is 11.8 Å². The number of hydrazine groups is 1. The summed E-state index contributed by atoms with van der Waals surface area (Å²) in [7, 11) is 0. The molecule has 2 N–H and O–H groups in total. The zero-order valence-electron chi connectivity index (χ0n) is 17.1. The third-order valence-corrected chi connectivity index (χ3v) is 5.83. The molecule has 1 heterocycles. The maximum Gasteiger partial charge on any atom is 0.243 e. The predicted molar refractivity (Wildman–Crippen MR) is 126 cm³/mol. The average Bonchev–Trinajstić information content (AvgIpc) is 3.20. The van der Waals surface area contributed by atoms with Gasteiger partial charge in [0.25, 0.3) is 0 Å². The fourth-order valence-corrected chi connectivity index (χ4v) is 3.87. The van der Waals surface area contributed by atoms with Gasteiger partial charge in [0.15, 0.2) is 0 Å². The number of benzene rings is 3. The average molecular weight is 470 g/mol. The minimum Gasteiger partial charge on any atom is -0.487 e. The topological polar surface area (TPSA) is 70.7 Å². The van der Waals surface area contributed by atoms with Crippen molar-refractivity contribution in [3.63, 3.8) is 0 Å². The first-order valence-corrected chi connectivity index (χ1v) is 10.8. The predicted octanol–water partition coefficient (Wildman–Crippen LogP) is 5.07. The molecule has 0 bridgehead atoms. The second-order valence-electron chi connectivity index (χ2n) is 7.38. The van der Waals surface area contributed by atoms with Gasteiger partial charge in [-0.05, 0) is 36.4 Å². The molecule has 3 aromatic rings. The van der Waals surface area contributed by atoms with Crippen LogP contribution in [0.15, 0.2) is 72.8 Å². The first kappa shape index (κ1) is 22.0. The van der Waals surface area contributed by atoms with Gasteiger partial charge in [0.1, 0.15) is 12.4 Å². The fraction of sp³-hybridized carbons (Fsp3) is 0.167. The number of anilines is 2. The van der Waals surface area contributed by atoms with Crippen molar-refractivity contribution in [1.29, 1.82) is 0 Å². The van der Waals surface area contributed by atoms with Crippen LogP contribution >= 0.6 is 23.2 Å². The molecular weight excluding hydrogens is 449 g/mol. The van der Waals surface area contributed by atoms with E-state index < -0.39 is 5.92 Å². The number of hydrogen-bond acceptors (Lipinski definition) is 4. The molecule has 1 aliphatic rings. The molecule has 1 fully saturated rings. The Labute approximate surface area is 196 Å². The monoisotopic (exact) mass is 469 g/mol. The van der Waals surface area contributed by atoms with E-state index in [4.69, 9.17) is 27.9 Å². The Kier molecular flexibility index (Phi) is 6.83. The number of halogens is 2. The van der Waals surface area contributed by atoms with Crippen molar-refractivity contribution in [2.45, 2.75) is 13.0 Å². The Balaban J connectivity index is 1.31. The molecule has 0 saturated carbocycles. The summed E-state index contributed by atoms with van der Waals surface area (Å²) >= 11 is 12.5. The molecule has 4 rings (SSSR count). The highest BCUT2D eigenvalue weighted by atomic mass is 35.5. The third kappa shape index (κ3) is 5.15. The molecule has 0 aliphatic carbocycles. The van der Waals surface area contributed by atoms with E-state index in [1.807, 2.05) is 48.5 Å². The van der Waals surface area contributed by atoms with Crippen LogP contribution in [0.4, 0.5) is 11.4 Å². The van der Waals surface area contributed by atoms with E-state index in [0.29, 0.717) is 28.0 Å². The largest absolute Gasteiger partial charge is 0.487 e. The maximum absolute atomic E-state index is 12.6. The lowest BCUT2D eigenvalue weighted by atomic mass is 10.1. The lowest BCUT2D eigenvalue weighted by molar-refractivity contribution is -0.125. The lowest BCUT2D eigenvalue weighted by Crippen LogP contribution is -2.36. The standard InChI is InChI=1S/C24H21Cl2N3O3/c25-20-9-5-4-6-16(20)15-32-22-11-10-18(13-21(22)26)27-28-24(31)17-12-23(30)29(14-17)19-7-2-1-3-8-19/h1-11,13,17,27H,12,14-15H2,(H,28,31)/t17-/m0/s1. The molecule has 0 aromatic heterocycles. The molecule has 164 valence electrons. The number of rotatable bonds is 7. The Hall–Kier alpha value is -3.22. The molecule has 2 amide bonds. The van der Waals surface area contributed by atoms with E-state index in [-0.39, 0.29) is 24.8 Å². The maximum atomic E-state index is 12.6. The number of nitrogens with zero attached hydrogens (tertiary/aromatic N) is 1. The number of ether oxygens (including phenoxy) is 1. The highest BCUT2D eigenvalue weighted by molar-refractivity contribution is 6.32. The summed E-state index contributed by atoms with van der Waals surface area (Å²) in [5.74, 6) is -0.265. The highest BCUT2D eigenvalue weighted by Crippen LogP contribution is 2.29. The SMILES string of the molecule is O=C(NNc1ccc(OCc2ccccc2Cl)c(Cl)c1)[C@H]1CC(=O)N(c2ccccc2)C1. The highest BCUT2D eigenvalue weighted by Gasteiger charge is 2.35. The van der Waals surface area contributed by atoms with Crippen molar-refractivity contribution in [3.05, 3.63) is 88.4 Å². The molecule has 1 saturated heterocycles. The van der Waals surface area contributed by atoms with E-state index in [9.17, 15) is 9.59 Å². The summed E-state index contributed by atoms with van der Waals surface area (Å²) in [6.45, 7) is 0.627. The summed E-state index contributed by atoms with van der Waals surface area (Å²) < 4.78 is 5.76. The molecule has 0 spiro atoms. The van der Waals surface area contributed by atoms with Crippen LogP contribution in [0.2, 0.25) is 10.0 Å². The van der Waals surface area contributed by atoms with Gasteiger partial charge in [-0.2, -0.15) is 0 Å². The number of carbonyl (C=O) groups is 2. The summed E-state index contributed by atoms with van der Waals surface area (Å²) in [5, 5.41) is 1.02. The first-order chi connectivity index (χ1) is 15.5. The zero-order valence-corrected chi connectivity index (χ0v) is 18.6. The van der Waals surface area contributed by atoms with Gasteiger partial charge in [-0.15, -0.1) is 0 Å². The minimum atomic E-state index is -0.441. The second-order valence-corrected chi connectivity index (χ2v) is 8.19. The summed E-state index contributed by atoms with van der Waals surface area (Å²) in [4.78, 5) is 26.5. The molecule has 6 nitrogen and oxygen atoms in total. The van der Waals surface area contributed by atoms with Crippen molar-refractivity contribution in [2.75, 3.05) is 16.9 Å². The van der Waals surface area contributed by atoms with Crippen molar-refractivity contribution in [2.24, 2.45) is 5.92 Å². The van der Waals surface area contributed by atoms with Crippen molar-refractivity contribution < 1.29 is 14.3 Å². The lowest BCUT2D eigenvalue weighted by Gasteiger charge is -2.17. The number of para-hydroxylation sites is 1. The smallest absolute Gasteiger partial charge is 0.243 e. The summed E-state index contributed by atoms with van der Waals surface area (Å²) in [5.41, 5.74) is 7.76. The zero-order chi connectivity index (χ0) is 22.5. The van der Waals surface area contributed by atoms with Gasteiger partial charge < -0.3 is 9.64 Å². The number of amides is 2. The fourth-order valence-electron chi connectivity index (χ4n) is 3.44. The Morgan fingerprint density at radius 3 is 2.50 bits per heavy atom. The van der Waals surface area contributed by atoms with Crippen LogP contribution in [0, 0.1) is 5.92 Å². The van der Waals surface area contributed by atoms with E-state index in [1.165, 1.54) is 0 Å². The Bertz CT molecular complexity index is 1120. The normalized spacial score (nSPS) is 15.5. The van der Waals surface area contributed by atoms with Gasteiger partial charge in [-0.25, -0.2) is 0 Å². The van der Waals surface area contributed by atoms with Gasteiger partial charge >= 0.3 is 0 Å². The molecule has 3 aromatic carbocycles. The number of nitrogens with one attached hydrogen (secondary N) is 2. The van der Waals surface area contributed by atoms with Gasteiger partial charge in [-0.3, -0.25) is 20.4 Å². The Morgan fingerprint density at radius 2 is 1.75 bits per heavy atom. The number of carbonyl (C=O) groups excluding carboxylic acids is 2. The van der Waals surface area contributed by atoms with Crippen LogP contribution in [0.5, 0.6) is 5.75 Å². The van der Waals surface area contributed by atoms with Crippen molar-refractivity contribution >= 4 is 46.4 Å². The first-order valence-electron chi connectivity index (χ1n) is 10.1. The minimum absolute atomic E-state index is 0.0700. The van der Waals surface area contributed by atoms with E-state index in [1.54, 1.807) is 29.2 Å². The van der Waals surface area contributed by atoms with Crippen molar-refractivity contribution in [1.82, 2.24) is 5.43 Å². The van der Waals surface area contributed by atoms with E-state index in [2.05, 4.69) is 10.9 Å². The summed E-state index contributed by atoms with van der Waals surface area (Å²) in [6.07, 6.45) is 0.165. The quantitative estimate of drug-likeness (QED) is 0.474. The molecule has 1 aliphatic heterocycles. The molecule has 8 heteroatoms. The van der Waals surface area contributed by atoms with Crippen LogP contribution < -0.4 is 20.5 Å². The number of hydrogen-bond donors (Lipinski definition) is 2. The molecular formula is C24H21Cl2N3O3. The Morgan fingerprint density at radius 1 is 1.00 bits per heavy atom. The van der Waals surface area contributed by atoms with Gasteiger partial charge in [-0.1, -0.05) is 59.6 Å². The molecule has 1 atom stereocenters. The second kappa shape index (κ2) is 9.94.